The van der Waals surface area contributed by atoms with Crippen molar-refractivity contribution < 1.29 is 39.8 Å². The van der Waals surface area contributed by atoms with Crippen molar-refractivity contribution in [1.82, 2.24) is 5.32 Å². The van der Waals surface area contributed by atoms with Gasteiger partial charge in [-0.1, -0.05) is 309 Å². The summed E-state index contributed by atoms with van der Waals surface area (Å²) in [6.45, 7) is 3.82. The molecule has 0 aromatic heterocycles. The second-order valence-corrected chi connectivity index (χ2v) is 22.2. The third-order valence-corrected chi connectivity index (χ3v) is 15.4. The molecule has 9 nitrogen and oxygen atoms in total. The number of rotatable bonds is 55. The summed E-state index contributed by atoms with van der Waals surface area (Å²) in [5, 5.41) is 54.5. The Labute approximate surface area is 439 Å². The van der Waals surface area contributed by atoms with E-state index in [0.29, 0.717) is 6.42 Å². The number of allylic oxidation sites excluding steroid dienone is 1. The first-order valence-corrected chi connectivity index (χ1v) is 31.4. The highest BCUT2D eigenvalue weighted by Gasteiger charge is 2.44. The predicted molar refractivity (Wildman–Crippen MR) is 300 cm³/mol. The Morgan fingerprint density at radius 2 is 0.775 bits per heavy atom. The number of carbonyl (C=O) groups is 1. The van der Waals surface area contributed by atoms with E-state index in [1.54, 1.807) is 6.08 Å². The van der Waals surface area contributed by atoms with Crippen LogP contribution in [0.15, 0.2) is 12.2 Å². The lowest BCUT2D eigenvalue weighted by molar-refractivity contribution is -0.302. The second kappa shape index (κ2) is 52.4. The minimum Gasteiger partial charge on any atom is -0.394 e. The zero-order valence-corrected chi connectivity index (χ0v) is 47.0. The van der Waals surface area contributed by atoms with Crippen molar-refractivity contribution in [1.29, 1.82) is 0 Å². The molecule has 0 saturated carbocycles. The molecule has 1 aliphatic rings. The monoisotopic (exact) mass is 1010 g/mol. The molecule has 1 saturated heterocycles. The summed E-state index contributed by atoms with van der Waals surface area (Å²) < 4.78 is 11.3. The van der Waals surface area contributed by atoms with Gasteiger partial charge < -0.3 is 40.3 Å². The average molecular weight is 1010 g/mol. The van der Waals surface area contributed by atoms with Gasteiger partial charge in [0.25, 0.3) is 0 Å². The van der Waals surface area contributed by atoms with Crippen LogP contribution in [0, 0.1) is 0 Å². The number of aliphatic hydroxyl groups excluding tert-OH is 5. The van der Waals surface area contributed by atoms with E-state index < -0.39 is 49.5 Å². The smallest absolute Gasteiger partial charge is 0.220 e. The fourth-order valence-corrected chi connectivity index (χ4v) is 10.4. The molecule has 0 radical (unpaired) electrons. The highest BCUT2D eigenvalue weighted by Crippen LogP contribution is 2.23. The van der Waals surface area contributed by atoms with Gasteiger partial charge in [0.15, 0.2) is 6.29 Å². The number of nitrogens with one attached hydrogen (secondary N) is 1. The maximum Gasteiger partial charge on any atom is 0.220 e. The zero-order chi connectivity index (χ0) is 51.5. The van der Waals surface area contributed by atoms with Crippen LogP contribution >= 0.6 is 0 Å². The Morgan fingerprint density at radius 1 is 0.465 bits per heavy atom. The molecule has 422 valence electrons. The maximum atomic E-state index is 13.1. The van der Waals surface area contributed by atoms with Crippen molar-refractivity contribution in [2.45, 2.75) is 365 Å². The number of carbonyl (C=O) groups excluding carboxylic acids is 1. The number of ether oxygens (including phenoxy) is 2. The third kappa shape index (κ3) is 41.8. The molecular formula is C62H121NO8. The molecule has 71 heavy (non-hydrogen) atoms. The molecular weight excluding hydrogens is 887 g/mol. The van der Waals surface area contributed by atoms with Gasteiger partial charge in [-0.2, -0.15) is 0 Å². The minimum absolute atomic E-state index is 0.169. The summed E-state index contributed by atoms with van der Waals surface area (Å²) in [6.07, 6.45) is 58.8. The fourth-order valence-electron chi connectivity index (χ4n) is 10.4. The van der Waals surface area contributed by atoms with Crippen LogP contribution in [0.3, 0.4) is 0 Å². The summed E-state index contributed by atoms with van der Waals surface area (Å²) in [7, 11) is 0. The van der Waals surface area contributed by atoms with Crippen LogP contribution in [0.25, 0.3) is 0 Å². The van der Waals surface area contributed by atoms with Gasteiger partial charge >= 0.3 is 0 Å². The van der Waals surface area contributed by atoms with Gasteiger partial charge in [0.05, 0.1) is 25.4 Å². The molecule has 0 aromatic rings. The first-order valence-electron chi connectivity index (χ1n) is 31.4. The lowest BCUT2D eigenvalue weighted by Gasteiger charge is -2.40. The van der Waals surface area contributed by atoms with Gasteiger partial charge in [0.2, 0.25) is 5.91 Å². The van der Waals surface area contributed by atoms with Crippen LogP contribution in [0.4, 0.5) is 0 Å². The van der Waals surface area contributed by atoms with E-state index in [2.05, 4.69) is 19.2 Å². The molecule has 1 aliphatic heterocycles. The number of hydrogen-bond donors (Lipinski definition) is 6. The van der Waals surface area contributed by atoms with E-state index in [-0.39, 0.29) is 12.5 Å². The van der Waals surface area contributed by atoms with Gasteiger partial charge in [-0.05, 0) is 19.3 Å². The summed E-state index contributed by atoms with van der Waals surface area (Å²) in [4.78, 5) is 13.1. The number of hydrogen-bond acceptors (Lipinski definition) is 8. The van der Waals surface area contributed by atoms with Crippen LogP contribution in [0.5, 0.6) is 0 Å². The Hall–Kier alpha value is -1.07. The summed E-state index contributed by atoms with van der Waals surface area (Å²) in [6, 6.07) is -0.800. The number of aliphatic hydroxyl groups is 5. The Balaban J connectivity index is 2.09. The molecule has 1 fully saturated rings. The number of amides is 1. The molecule has 0 aliphatic carbocycles. The standard InChI is InChI=1S/C62H121NO8/c1-3-5-7-9-11-13-15-17-19-20-21-22-23-24-25-26-27-28-29-30-31-32-33-34-35-36-38-40-42-44-46-48-50-52-58(66)63-55(54-70-62-61(69)60(68)59(67)57(53-64)71-62)56(65)51-49-47-45-43-41-39-37-18-16-14-12-10-8-6-4-2/h49,51,55-57,59-62,64-65,67-69H,3-48,50,52-54H2,1-2H3,(H,63,66)/b51-49+/t55-,56+,57+,59+,60?,61?,62+/m0/s1. The quantitative estimate of drug-likeness (QED) is 0.0261. The average Bonchev–Trinajstić information content (AvgIpc) is 3.37. The lowest BCUT2D eigenvalue weighted by atomic mass is 9.99. The Kier molecular flexibility index (Phi) is 50.1. The molecule has 1 amide bonds. The fraction of sp³-hybridized carbons (Fsp3) is 0.952. The molecule has 0 spiro atoms. The SMILES string of the molecule is CCCCCCCCCCCCCCC/C=C/[C@@H](O)[C@H](CO[C@@H]1O[C@H](CO)[C@@H](O)C(O)C1O)NC(=O)CCCCCCCCCCCCCCCCCCCCCCCCCCCCCCCCCCC. The first-order chi connectivity index (χ1) is 34.8. The van der Waals surface area contributed by atoms with Crippen LogP contribution < -0.4 is 5.32 Å². The molecule has 0 aromatic carbocycles. The highest BCUT2D eigenvalue weighted by molar-refractivity contribution is 5.76. The van der Waals surface area contributed by atoms with E-state index in [1.165, 1.54) is 263 Å². The molecule has 2 unspecified atom stereocenters. The van der Waals surface area contributed by atoms with Crippen molar-refractivity contribution >= 4 is 5.91 Å². The van der Waals surface area contributed by atoms with Gasteiger partial charge in [-0.15, -0.1) is 0 Å². The molecule has 1 heterocycles. The maximum absolute atomic E-state index is 13.1. The van der Waals surface area contributed by atoms with Crippen molar-refractivity contribution in [3.05, 3.63) is 12.2 Å². The van der Waals surface area contributed by atoms with E-state index in [9.17, 15) is 30.3 Å². The van der Waals surface area contributed by atoms with Crippen molar-refractivity contribution in [2.75, 3.05) is 13.2 Å². The zero-order valence-electron chi connectivity index (χ0n) is 47.0. The van der Waals surface area contributed by atoms with Gasteiger partial charge in [0.1, 0.15) is 24.4 Å². The van der Waals surface area contributed by atoms with Crippen LogP contribution in [-0.4, -0.2) is 87.5 Å². The van der Waals surface area contributed by atoms with Crippen molar-refractivity contribution in [3.8, 4) is 0 Å². The molecule has 9 heteroatoms. The molecule has 1 rings (SSSR count). The predicted octanol–water partition coefficient (Wildman–Crippen LogP) is 16.0. The second-order valence-electron chi connectivity index (χ2n) is 22.2. The van der Waals surface area contributed by atoms with E-state index >= 15 is 0 Å². The van der Waals surface area contributed by atoms with Gasteiger partial charge in [-0.3, -0.25) is 4.79 Å². The highest BCUT2D eigenvalue weighted by atomic mass is 16.7. The van der Waals surface area contributed by atoms with Crippen LogP contribution in [0.1, 0.15) is 322 Å². The summed E-state index contributed by atoms with van der Waals surface area (Å²) in [5.41, 5.74) is 0. The summed E-state index contributed by atoms with van der Waals surface area (Å²) >= 11 is 0. The van der Waals surface area contributed by atoms with Crippen molar-refractivity contribution in [3.63, 3.8) is 0 Å². The molecule has 0 bridgehead atoms. The summed E-state index contributed by atoms with van der Waals surface area (Å²) in [5.74, 6) is -0.169. The van der Waals surface area contributed by atoms with Crippen molar-refractivity contribution in [2.24, 2.45) is 0 Å². The van der Waals surface area contributed by atoms with Gasteiger partial charge in [-0.25, -0.2) is 0 Å². The lowest BCUT2D eigenvalue weighted by Crippen LogP contribution is -2.60. The Bertz CT molecular complexity index is 1120. The van der Waals surface area contributed by atoms with Gasteiger partial charge in [0, 0.05) is 6.42 Å². The third-order valence-electron chi connectivity index (χ3n) is 15.4. The van der Waals surface area contributed by atoms with E-state index in [0.717, 1.165) is 38.5 Å². The molecule has 7 atom stereocenters. The molecule has 6 N–H and O–H groups in total. The largest absolute Gasteiger partial charge is 0.394 e. The van der Waals surface area contributed by atoms with Crippen LogP contribution in [0.2, 0.25) is 0 Å². The minimum atomic E-state index is -1.56. The van der Waals surface area contributed by atoms with E-state index in [1.807, 2.05) is 6.08 Å². The Morgan fingerprint density at radius 3 is 1.10 bits per heavy atom. The number of unbranched alkanes of at least 4 members (excludes halogenated alkanes) is 45. The normalized spacial score (nSPS) is 19.2. The first kappa shape index (κ1) is 67.9. The topological polar surface area (TPSA) is 149 Å². The van der Waals surface area contributed by atoms with Crippen LogP contribution in [-0.2, 0) is 14.3 Å². The van der Waals surface area contributed by atoms with E-state index in [4.69, 9.17) is 9.47 Å².